The molecule has 1 heterocycles. The van der Waals surface area contributed by atoms with Crippen LogP contribution in [0.25, 0.3) is 0 Å². The quantitative estimate of drug-likeness (QED) is 0.187. The first-order valence-electron chi connectivity index (χ1n) is 11.8. The van der Waals surface area contributed by atoms with Crippen molar-refractivity contribution >= 4 is 14.0 Å². The number of carbonyl (C=O) groups excluding carboxylic acids is 1. The minimum atomic E-state index is -2.08. The summed E-state index contributed by atoms with van der Waals surface area (Å²) in [5.41, 5.74) is -0.764. The number of esters is 1. The summed E-state index contributed by atoms with van der Waals surface area (Å²) in [4.78, 5) is 12.8. The molecule has 0 amide bonds. The third-order valence-electron chi connectivity index (χ3n) is 5.88. The lowest BCUT2D eigenvalue weighted by atomic mass is 9.77. The van der Waals surface area contributed by atoms with Crippen molar-refractivity contribution in [2.75, 3.05) is 14.2 Å². The number of carbonyl (C=O) groups is 1. The molecule has 6 nitrogen and oxygen atoms in total. The highest BCUT2D eigenvalue weighted by Gasteiger charge is 2.69. The molecule has 0 unspecified atom stereocenters. The molecule has 2 N–H and O–H groups in total. The first kappa shape index (κ1) is 28.1. The smallest absolute Gasteiger partial charge is 0.342 e. The molecule has 180 valence electrons. The van der Waals surface area contributed by atoms with Crippen LogP contribution in [0.2, 0.25) is 19.6 Å². The Bertz CT molecular complexity index is 607. The number of ether oxygens (including phenoxy) is 3. The zero-order valence-electron chi connectivity index (χ0n) is 20.5. The standard InChI is InChI=1S/C24H44O6Si/c1-7-8-9-10-11-12-13-14-15-16-17-24(22(26)29-3)23(27,18-19-31(4,5)6)20(25)21(28-2)30-24/h20-21,25,27H,7-17H2,1-6H3/t20-,21+,23+,24+/m1/s1. The summed E-state index contributed by atoms with van der Waals surface area (Å²) in [6, 6.07) is 0. The van der Waals surface area contributed by atoms with Crippen molar-refractivity contribution in [1.29, 1.82) is 0 Å². The lowest BCUT2D eigenvalue weighted by Gasteiger charge is -2.35. The third-order valence-corrected chi connectivity index (χ3v) is 6.75. The molecular formula is C24H44O6Si. The fourth-order valence-corrected chi connectivity index (χ4v) is 4.57. The van der Waals surface area contributed by atoms with Gasteiger partial charge in [-0.05, 0) is 12.8 Å². The molecule has 0 aromatic rings. The molecule has 1 rings (SSSR count). The second-order valence-electron chi connectivity index (χ2n) is 9.68. The molecule has 1 fully saturated rings. The van der Waals surface area contributed by atoms with Crippen molar-refractivity contribution in [2.24, 2.45) is 0 Å². The maximum atomic E-state index is 12.8. The molecule has 0 aromatic carbocycles. The molecule has 0 bridgehead atoms. The van der Waals surface area contributed by atoms with E-state index in [2.05, 4.69) is 18.4 Å². The zero-order valence-corrected chi connectivity index (χ0v) is 21.5. The second kappa shape index (κ2) is 13.0. The molecule has 1 saturated heterocycles. The molecule has 4 atom stereocenters. The SMILES string of the molecule is CCCCCCCCCCCC[C@@]1(C(=O)OC)O[C@H](OC)[C@@H](O)[C@@]1(O)C#C[Si](C)(C)C. The van der Waals surface area contributed by atoms with Gasteiger partial charge in [-0.1, -0.05) is 90.3 Å². The zero-order chi connectivity index (χ0) is 23.5. The van der Waals surface area contributed by atoms with E-state index in [9.17, 15) is 15.0 Å². The monoisotopic (exact) mass is 456 g/mol. The molecule has 0 spiro atoms. The van der Waals surface area contributed by atoms with Crippen LogP contribution in [0.4, 0.5) is 0 Å². The summed E-state index contributed by atoms with van der Waals surface area (Å²) < 4.78 is 16.0. The van der Waals surface area contributed by atoms with Gasteiger partial charge in [0.05, 0.1) is 7.11 Å². The van der Waals surface area contributed by atoms with Gasteiger partial charge < -0.3 is 24.4 Å². The number of unbranched alkanes of at least 4 members (excludes halogenated alkanes) is 9. The van der Waals surface area contributed by atoms with Gasteiger partial charge in [-0.15, -0.1) is 5.54 Å². The fourth-order valence-electron chi connectivity index (χ4n) is 4.00. The second-order valence-corrected chi connectivity index (χ2v) is 14.4. The van der Waals surface area contributed by atoms with Gasteiger partial charge in [0.1, 0.15) is 14.2 Å². The lowest BCUT2D eigenvalue weighted by molar-refractivity contribution is -0.206. The van der Waals surface area contributed by atoms with Crippen LogP contribution in [0, 0.1) is 11.5 Å². The molecule has 0 aliphatic carbocycles. The van der Waals surface area contributed by atoms with Crippen molar-refractivity contribution in [1.82, 2.24) is 0 Å². The van der Waals surface area contributed by atoms with E-state index in [0.717, 1.165) is 19.3 Å². The van der Waals surface area contributed by atoms with Gasteiger partial charge in [0, 0.05) is 7.11 Å². The van der Waals surface area contributed by atoms with Crippen molar-refractivity contribution in [3.05, 3.63) is 0 Å². The Morgan fingerprint density at radius 3 is 1.97 bits per heavy atom. The van der Waals surface area contributed by atoms with E-state index in [0.29, 0.717) is 6.42 Å². The first-order chi connectivity index (χ1) is 14.6. The lowest BCUT2D eigenvalue weighted by Crippen LogP contribution is -2.60. The average molecular weight is 457 g/mol. The maximum Gasteiger partial charge on any atom is 0.342 e. The fraction of sp³-hybridized carbons (Fsp3) is 0.875. The summed E-state index contributed by atoms with van der Waals surface area (Å²) in [6.45, 7) is 8.31. The summed E-state index contributed by atoms with van der Waals surface area (Å²) in [5.74, 6) is 2.09. The van der Waals surface area contributed by atoms with E-state index < -0.39 is 37.6 Å². The summed E-state index contributed by atoms with van der Waals surface area (Å²) in [5, 5.41) is 22.2. The molecular weight excluding hydrogens is 412 g/mol. The van der Waals surface area contributed by atoms with Crippen molar-refractivity contribution in [3.63, 3.8) is 0 Å². The highest BCUT2D eigenvalue weighted by Crippen LogP contribution is 2.44. The van der Waals surface area contributed by atoms with Crippen LogP contribution in [0.1, 0.15) is 77.6 Å². The molecule has 1 aliphatic rings. The predicted molar refractivity (Wildman–Crippen MR) is 125 cm³/mol. The van der Waals surface area contributed by atoms with Crippen LogP contribution in [-0.2, 0) is 19.0 Å². The van der Waals surface area contributed by atoms with Crippen LogP contribution >= 0.6 is 0 Å². The maximum absolute atomic E-state index is 12.8. The van der Waals surface area contributed by atoms with Gasteiger partial charge in [0.2, 0.25) is 5.60 Å². The summed E-state index contributed by atoms with van der Waals surface area (Å²) >= 11 is 0. The Kier molecular flexibility index (Phi) is 11.8. The number of aliphatic hydroxyl groups excluding tert-OH is 1. The highest BCUT2D eigenvalue weighted by molar-refractivity contribution is 6.83. The van der Waals surface area contributed by atoms with Crippen LogP contribution < -0.4 is 0 Å². The van der Waals surface area contributed by atoms with Gasteiger partial charge in [0.15, 0.2) is 11.9 Å². The Morgan fingerprint density at radius 2 is 1.52 bits per heavy atom. The van der Waals surface area contributed by atoms with E-state index in [4.69, 9.17) is 14.2 Å². The number of hydrogen-bond donors (Lipinski definition) is 2. The average Bonchev–Trinajstić information content (AvgIpc) is 2.95. The van der Waals surface area contributed by atoms with Crippen molar-refractivity contribution in [2.45, 2.75) is 121 Å². The van der Waals surface area contributed by atoms with E-state index in [1.807, 2.05) is 19.6 Å². The number of hydrogen-bond acceptors (Lipinski definition) is 6. The number of aliphatic hydroxyl groups is 2. The van der Waals surface area contributed by atoms with E-state index >= 15 is 0 Å². The van der Waals surface area contributed by atoms with Crippen molar-refractivity contribution < 1.29 is 29.2 Å². The Labute approximate surface area is 190 Å². The molecule has 0 radical (unpaired) electrons. The Balaban J connectivity index is 2.83. The Morgan fingerprint density at radius 1 is 1.00 bits per heavy atom. The minimum absolute atomic E-state index is 0.212. The van der Waals surface area contributed by atoms with Crippen LogP contribution in [-0.4, -0.2) is 62.1 Å². The molecule has 0 saturated carbocycles. The molecule has 1 aliphatic heterocycles. The van der Waals surface area contributed by atoms with Gasteiger partial charge in [0.25, 0.3) is 0 Å². The van der Waals surface area contributed by atoms with Crippen molar-refractivity contribution in [3.8, 4) is 11.5 Å². The number of methoxy groups -OCH3 is 2. The highest BCUT2D eigenvalue weighted by atomic mass is 28.3. The van der Waals surface area contributed by atoms with Gasteiger partial charge in [-0.3, -0.25) is 0 Å². The third kappa shape index (κ3) is 7.57. The van der Waals surface area contributed by atoms with E-state index in [-0.39, 0.29) is 6.42 Å². The molecule has 0 aromatic heterocycles. The topological polar surface area (TPSA) is 85.2 Å². The van der Waals surface area contributed by atoms with E-state index in [1.54, 1.807) is 0 Å². The molecule has 7 heteroatoms. The largest absolute Gasteiger partial charge is 0.467 e. The summed E-state index contributed by atoms with van der Waals surface area (Å²) in [7, 11) is 0.737. The Hall–Kier alpha value is -0.913. The van der Waals surface area contributed by atoms with Gasteiger partial charge in [-0.25, -0.2) is 4.79 Å². The molecule has 31 heavy (non-hydrogen) atoms. The van der Waals surface area contributed by atoms with Gasteiger partial charge in [-0.2, -0.15) is 0 Å². The van der Waals surface area contributed by atoms with E-state index in [1.165, 1.54) is 52.7 Å². The van der Waals surface area contributed by atoms with Crippen LogP contribution in [0.3, 0.4) is 0 Å². The first-order valence-corrected chi connectivity index (χ1v) is 15.3. The predicted octanol–water partition coefficient (Wildman–Crippen LogP) is 4.18. The summed E-state index contributed by atoms with van der Waals surface area (Å²) in [6.07, 6.45) is 9.04. The van der Waals surface area contributed by atoms with Crippen LogP contribution in [0.5, 0.6) is 0 Å². The van der Waals surface area contributed by atoms with Gasteiger partial charge >= 0.3 is 5.97 Å². The van der Waals surface area contributed by atoms with Crippen LogP contribution in [0.15, 0.2) is 0 Å². The minimum Gasteiger partial charge on any atom is -0.467 e. The number of rotatable bonds is 13. The normalized spacial score (nSPS) is 28.3.